The first-order valence-electron chi connectivity index (χ1n) is 9.70. The van der Waals surface area contributed by atoms with Crippen molar-refractivity contribution in [3.63, 3.8) is 0 Å². The molecule has 1 amide bonds. The molecule has 0 radical (unpaired) electrons. The summed E-state index contributed by atoms with van der Waals surface area (Å²) in [5, 5.41) is 16.5. The Kier molecular flexibility index (Phi) is 5.50. The summed E-state index contributed by atoms with van der Waals surface area (Å²) in [6.45, 7) is 6.25. The van der Waals surface area contributed by atoms with E-state index in [1.165, 1.54) is 0 Å². The van der Waals surface area contributed by atoms with Gasteiger partial charge in [-0.05, 0) is 56.7 Å². The van der Waals surface area contributed by atoms with E-state index >= 15 is 0 Å². The second-order valence-corrected chi connectivity index (χ2v) is 7.18. The molecule has 0 saturated carbocycles. The maximum absolute atomic E-state index is 11.5. The van der Waals surface area contributed by atoms with E-state index in [2.05, 4.69) is 20.4 Å². The lowest BCUT2D eigenvalue weighted by molar-refractivity contribution is 0.0706. The Morgan fingerprint density at radius 3 is 2.45 bits per heavy atom. The van der Waals surface area contributed by atoms with Gasteiger partial charge in [0.05, 0.1) is 5.69 Å². The van der Waals surface area contributed by atoms with Crippen molar-refractivity contribution < 1.29 is 14.4 Å². The van der Waals surface area contributed by atoms with Crippen LogP contribution in [0.25, 0.3) is 17.4 Å². The quantitative estimate of drug-likeness (QED) is 0.323. The van der Waals surface area contributed by atoms with Crippen LogP contribution in [0, 0.1) is 20.8 Å². The van der Waals surface area contributed by atoms with Gasteiger partial charge in [0.15, 0.2) is 17.4 Å². The number of hydrogen-bond acceptors (Lipinski definition) is 7. The Bertz CT molecular complexity index is 1230. The Morgan fingerprint density at radius 2 is 1.84 bits per heavy atom. The normalized spacial score (nSPS) is 10.8. The predicted octanol–water partition coefficient (Wildman–Crippen LogP) is 3.58. The van der Waals surface area contributed by atoms with Crippen LogP contribution in [0.1, 0.15) is 33.1 Å². The van der Waals surface area contributed by atoms with Gasteiger partial charge in [-0.1, -0.05) is 12.1 Å². The van der Waals surface area contributed by atoms with Crippen molar-refractivity contribution in [3.05, 3.63) is 76.8 Å². The van der Waals surface area contributed by atoms with Gasteiger partial charge >= 0.3 is 0 Å². The third-order valence-corrected chi connectivity index (χ3v) is 4.69. The number of aryl methyl sites for hydroxylation is 3. The third-order valence-electron chi connectivity index (χ3n) is 4.69. The number of amides is 1. The number of furan rings is 1. The number of nitrogens with one attached hydrogen (secondary N) is 2. The number of carbonyl (C=O) groups is 1. The molecule has 31 heavy (non-hydrogen) atoms. The highest BCUT2D eigenvalue weighted by Gasteiger charge is 2.14. The van der Waals surface area contributed by atoms with E-state index in [9.17, 15) is 4.79 Å². The van der Waals surface area contributed by atoms with Gasteiger partial charge in [0.25, 0.3) is 5.91 Å². The number of anilines is 1. The van der Waals surface area contributed by atoms with Gasteiger partial charge < -0.3 is 9.73 Å². The van der Waals surface area contributed by atoms with Gasteiger partial charge in [0.2, 0.25) is 0 Å². The fourth-order valence-corrected chi connectivity index (χ4v) is 3.19. The van der Waals surface area contributed by atoms with Gasteiger partial charge in [-0.3, -0.25) is 10.0 Å². The molecule has 4 rings (SSSR count). The average molecular weight is 418 g/mol. The molecule has 3 heterocycles. The Labute approximate surface area is 178 Å². The standard InChI is InChI=1S/C22H22N6O3/c1-13-10-14(2)28(26-13)20-11-19(24-21(25-20)18-9-4-15(3)31-18)23-12-16-5-7-17(8-6-16)22(29)27-30/h4-11,30H,12H2,1-3H3,(H,27,29)(H,23,24,25). The first-order chi connectivity index (χ1) is 14.9. The van der Waals surface area contributed by atoms with Crippen molar-refractivity contribution in [2.24, 2.45) is 0 Å². The number of aromatic nitrogens is 4. The second-order valence-electron chi connectivity index (χ2n) is 7.18. The van der Waals surface area contributed by atoms with Crippen LogP contribution in [0.2, 0.25) is 0 Å². The van der Waals surface area contributed by atoms with E-state index < -0.39 is 5.91 Å². The first-order valence-corrected chi connectivity index (χ1v) is 9.70. The molecule has 0 unspecified atom stereocenters. The van der Waals surface area contributed by atoms with E-state index in [1.807, 2.05) is 45.0 Å². The summed E-state index contributed by atoms with van der Waals surface area (Å²) in [6, 6.07) is 14.4. The topological polar surface area (TPSA) is 118 Å². The molecular weight excluding hydrogens is 396 g/mol. The molecule has 158 valence electrons. The smallest absolute Gasteiger partial charge is 0.274 e. The molecule has 0 saturated heterocycles. The van der Waals surface area contributed by atoms with Crippen LogP contribution in [-0.4, -0.2) is 30.9 Å². The molecule has 0 spiro atoms. The highest BCUT2D eigenvalue weighted by molar-refractivity contribution is 5.93. The van der Waals surface area contributed by atoms with E-state index in [4.69, 9.17) is 9.62 Å². The number of hydrogen-bond donors (Lipinski definition) is 3. The largest absolute Gasteiger partial charge is 0.458 e. The maximum Gasteiger partial charge on any atom is 0.274 e. The third kappa shape index (κ3) is 4.46. The molecule has 3 N–H and O–H groups in total. The molecular formula is C22H22N6O3. The van der Waals surface area contributed by atoms with Crippen molar-refractivity contribution in [3.8, 4) is 17.4 Å². The summed E-state index contributed by atoms with van der Waals surface area (Å²) in [4.78, 5) is 20.7. The number of hydroxylamine groups is 1. The van der Waals surface area contributed by atoms with Crippen LogP contribution >= 0.6 is 0 Å². The van der Waals surface area contributed by atoms with Crippen molar-refractivity contribution in [2.75, 3.05) is 5.32 Å². The van der Waals surface area contributed by atoms with Crippen LogP contribution in [-0.2, 0) is 6.54 Å². The molecule has 9 nitrogen and oxygen atoms in total. The van der Waals surface area contributed by atoms with Crippen molar-refractivity contribution >= 4 is 11.7 Å². The lowest BCUT2D eigenvalue weighted by Gasteiger charge is -2.11. The van der Waals surface area contributed by atoms with E-state index in [1.54, 1.807) is 34.4 Å². The molecule has 1 aromatic carbocycles. The average Bonchev–Trinajstić information content (AvgIpc) is 3.36. The summed E-state index contributed by atoms with van der Waals surface area (Å²) in [5.74, 6) is 2.49. The molecule has 9 heteroatoms. The number of benzene rings is 1. The van der Waals surface area contributed by atoms with Gasteiger partial charge in [-0.2, -0.15) is 5.10 Å². The lowest BCUT2D eigenvalue weighted by atomic mass is 10.1. The second kappa shape index (κ2) is 8.41. The maximum atomic E-state index is 11.5. The Morgan fingerprint density at radius 1 is 1.06 bits per heavy atom. The van der Waals surface area contributed by atoms with Crippen molar-refractivity contribution in [2.45, 2.75) is 27.3 Å². The Hall–Kier alpha value is -3.98. The zero-order valence-electron chi connectivity index (χ0n) is 17.4. The SMILES string of the molecule is Cc1cc(C)n(-c2cc(NCc3ccc(C(=O)NO)cc3)nc(-c3ccc(C)o3)n2)n1. The minimum Gasteiger partial charge on any atom is -0.458 e. The fourth-order valence-electron chi connectivity index (χ4n) is 3.19. The molecule has 4 aromatic rings. The van der Waals surface area contributed by atoms with Crippen LogP contribution in [0.3, 0.4) is 0 Å². The van der Waals surface area contributed by atoms with E-state index in [0.29, 0.717) is 35.3 Å². The predicted molar refractivity (Wildman–Crippen MR) is 114 cm³/mol. The highest BCUT2D eigenvalue weighted by Crippen LogP contribution is 2.23. The van der Waals surface area contributed by atoms with Crippen LogP contribution in [0.15, 0.2) is 52.9 Å². The molecule has 0 atom stereocenters. The lowest BCUT2D eigenvalue weighted by Crippen LogP contribution is -2.18. The minimum atomic E-state index is -0.553. The molecule has 0 aliphatic heterocycles. The number of nitrogens with zero attached hydrogens (tertiary/aromatic N) is 4. The van der Waals surface area contributed by atoms with Crippen molar-refractivity contribution in [1.82, 2.24) is 25.2 Å². The molecule has 3 aromatic heterocycles. The monoisotopic (exact) mass is 418 g/mol. The van der Waals surface area contributed by atoms with Gasteiger partial charge in [0, 0.05) is 23.9 Å². The van der Waals surface area contributed by atoms with Gasteiger partial charge in [0.1, 0.15) is 11.6 Å². The summed E-state index contributed by atoms with van der Waals surface area (Å²) in [5.41, 5.74) is 4.79. The summed E-state index contributed by atoms with van der Waals surface area (Å²) in [6.07, 6.45) is 0. The number of rotatable bonds is 6. The van der Waals surface area contributed by atoms with Gasteiger partial charge in [-0.15, -0.1) is 0 Å². The van der Waals surface area contributed by atoms with E-state index in [-0.39, 0.29) is 0 Å². The van der Waals surface area contributed by atoms with Gasteiger partial charge in [-0.25, -0.2) is 20.1 Å². The molecule has 0 aliphatic rings. The highest BCUT2D eigenvalue weighted by atomic mass is 16.5. The molecule has 0 fully saturated rings. The number of carbonyl (C=O) groups excluding carboxylic acids is 1. The molecule has 0 aliphatic carbocycles. The van der Waals surface area contributed by atoms with Crippen LogP contribution < -0.4 is 10.8 Å². The minimum absolute atomic E-state index is 0.371. The first kappa shape index (κ1) is 20.3. The van der Waals surface area contributed by atoms with Crippen molar-refractivity contribution in [1.29, 1.82) is 0 Å². The summed E-state index contributed by atoms with van der Waals surface area (Å²) >= 11 is 0. The zero-order chi connectivity index (χ0) is 22.0. The van der Waals surface area contributed by atoms with Crippen LogP contribution in [0.5, 0.6) is 0 Å². The zero-order valence-corrected chi connectivity index (χ0v) is 17.4. The Balaban J connectivity index is 1.64. The molecule has 0 bridgehead atoms. The summed E-state index contributed by atoms with van der Waals surface area (Å²) < 4.78 is 7.49. The summed E-state index contributed by atoms with van der Waals surface area (Å²) in [7, 11) is 0. The van der Waals surface area contributed by atoms with Crippen LogP contribution in [0.4, 0.5) is 5.82 Å². The fraction of sp³-hybridized carbons (Fsp3) is 0.182. The van der Waals surface area contributed by atoms with E-state index in [0.717, 1.165) is 22.7 Å².